The van der Waals surface area contributed by atoms with Crippen LogP contribution in [0.15, 0.2) is 47.1 Å². The Balaban J connectivity index is 1.22. The molecule has 10 atom stereocenters. The van der Waals surface area contributed by atoms with Crippen molar-refractivity contribution < 1.29 is 54.1 Å². The van der Waals surface area contributed by atoms with Crippen molar-refractivity contribution in [2.75, 3.05) is 13.2 Å². The molecule has 0 aromatic heterocycles. The number of phenols is 1. The van der Waals surface area contributed by atoms with E-state index in [-0.39, 0.29) is 43.2 Å². The summed E-state index contributed by atoms with van der Waals surface area (Å²) in [5, 5.41) is 51.6. The Hall–Kier alpha value is -2.80. The molecule has 218 valence electrons. The molecule has 2 fully saturated rings. The third kappa shape index (κ3) is 5.54. The number of carbonyl (C=O) groups excluding carboxylic acids is 2. The minimum absolute atomic E-state index is 0.00933. The first kappa shape index (κ1) is 28.7. The summed E-state index contributed by atoms with van der Waals surface area (Å²) in [6.07, 6.45) is -5.43. The van der Waals surface area contributed by atoms with E-state index < -0.39 is 54.8 Å². The molecule has 2 heterocycles. The summed E-state index contributed by atoms with van der Waals surface area (Å²) in [6, 6.07) is 6.06. The van der Waals surface area contributed by atoms with Gasteiger partial charge in [-0.05, 0) is 43.0 Å². The number of aliphatic hydroxyl groups excluding tert-OH is 4. The van der Waals surface area contributed by atoms with Crippen molar-refractivity contribution >= 4 is 11.9 Å². The number of aromatic hydroxyl groups is 1. The lowest BCUT2D eigenvalue weighted by molar-refractivity contribution is -0.299. The van der Waals surface area contributed by atoms with E-state index in [4.69, 9.17) is 18.9 Å². The summed E-state index contributed by atoms with van der Waals surface area (Å²) in [4.78, 5) is 24.7. The van der Waals surface area contributed by atoms with Crippen LogP contribution in [0.25, 0.3) is 0 Å². The first-order chi connectivity index (χ1) is 19.0. The predicted octanol–water partition coefficient (Wildman–Crippen LogP) is 0.507. The number of fused-ring (bicyclic) bond motifs is 3. The largest absolute Gasteiger partial charge is 0.508 e. The van der Waals surface area contributed by atoms with Crippen molar-refractivity contribution in [1.82, 2.24) is 0 Å². The van der Waals surface area contributed by atoms with Crippen molar-refractivity contribution in [1.29, 1.82) is 0 Å². The van der Waals surface area contributed by atoms with E-state index in [9.17, 15) is 35.1 Å². The third-order valence-electron chi connectivity index (χ3n) is 8.55. The molecule has 0 saturated carbocycles. The Morgan fingerprint density at radius 2 is 1.80 bits per heavy atom. The highest BCUT2D eigenvalue weighted by molar-refractivity contribution is 5.75. The second-order valence-electron chi connectivity index (χ2n) is 11.2. The van der Waals surface area contributed by atoms with E-state index in [2.05, 4.69) is 0 Å². The van der Waals surface area contributed by atoms with Gasteiger partial charge in [0.2, 0.25) is 0 Å². The van der Waals surface area contributed by atoms with E-state index >= 15 is 0 Å². The van der Waals surface area contributed by atoms with Crippen LogP contribution in [0.4, 0.5) is 0 Å². The monoisotopic (exact) mass is 560 g/mol. The summed E-state index contributed by atoms with van der Waals surface area (Å²) >= 11 is 0. The SMILES string of the molecule is CC1=C2CC=C(CO[C@@H]3O[C@H](COC(=O)Cc4ccc(O)cc4)[C@@H](O)[C@H](O)[C@H]3O)[C@@H]2[C@H]2OC(=O)[C@@H](C)[C@@H]2[C@@H](O)C1. The number of benzene rings is 1. The highest BCUT2D eigenvalue weighted by Crippen LogP contribution is 2.49. The lowest BCUT2D eigenvalue weighted by Crippen LogP contribution is -2.59. The van der Waals surface area contributed by atoms with Gasteiger partial charge in [-0.3, -0.25) is 9.59 Å². The van der Waals surface area contributed by atoms with Crippen LogP contribution in [-0.2, 0) is 35.0 Å². The maximum Gasteiger partial charge on any atom is 0.310 e. The maximum absolute atomic E-state index is 12.4. The van der Waals surface area contributed by atoms with Gasteiger partial charge in [-0.1, -0.05) is 36.3 Å². The van der Waals surface area contributed by atoms with Gasteiger partial charge in [0, 0.05) is 11.8 Å². The number of hydrogen-bond acceptors (Lipinski definition) is 11. The minimum atomic E-state index is -1.61. The number of carbonyl (C=O) groups is 2. The summed E-state index contributed by atoms with van der Waals surface area (Å²) in [5.41, 5.74) is 3.55. The van der Waals surface area contributed by atoms with Gasteiger partial charge >= 0.3 is 11.9 Å². The molecule has 0 radical (unpaired) electrons. The predicted molar refractivity (Wildman–Crippen MR) is 137 cm³/mol. The molecule has 5 N–H and O–H groups in total. The first-order valence-corrected chi connectivity index (χ1v) is 13.6. The lowest BCUT2D eigenvalue weighted by Gasteiger charge is -2.40. The fourth-order valence-electron chi connectivity index (χ4n) is 6.28. The van der Waals surface area contributed by atoms with Gasteiger partial charge < -0.3 is 44.5 Å². The van der Waals surface area contributed by atoms with E-state index in [1.807, 2.05) is 13.0 Å². The molecule has 40 heavy (non-hydrogen) atoms. The molecule has 2 aliphatic carbocycles. The molecule has 0 spiro atoms. The van der Waals surface area contributed by atoms with Gasteiger partial charge in [-0.2, -0.15) is 0 Å². The Kier molecular flexibility index (Phi) is 8.32. The van der Waals surface area contributed by atoms with Gasteiger partial charge in [0.25, 0.3) is 0 Å². The normalized spacial score (nSPS) is 37.4. The Bertz CT molecular complexity index is 1170. The molecule has 0 unspecified atom stereocenters. The highest BCUT2D eigenvalue weighted by Gasteiger charge is 2.53. The van der Waals surface area contributed by atoms with Crippen LogP contribution >= 0.6 is 0 Å². The summed E-state index contributed by atoms with van der Waals surface area (Å²) in [7, 11) is 0. The van der Waals surface area contributed by atoms with Crippen LogP contribution in [0.5, 0.6) is 5.75 Å². The number of esters is 2. The van der Waals surface area contributed by atoms with Crippen molar-refractivity contribution in [2.45, 2.75) is 76.0 Å². The molecule has 1 aromatic carbocycles. The smallest absolute Gasteiger partial charge is 0.310 e. The number of hydrogen-bond donors (Lipinski definition) is 5. The van der Waals surface area contributed by atoms with Gasteiger partial charge in [-0.15, -0.1) is 0 Å². The zero-order valence-corrected chi connectivity index (χ0v) is 22.4. The van der Waals surface area contributed by atoms with Crippen LogP contribution in [-0.4, -0.2) is 93.6 Å². The number of aliphatic hydroxyl groups is 4. The Morgan fingerprint density at radius 1 is 1.07 bits per heavy atom. The fourth-order valence-corrected chi connectivity index (χ4v) is 6.28. The van der Waals surface area contributed by atoms with E-state index in [1.54, 1.807) is 19.1 Å². The maximum atomic E-state index is 12.4. The molecule has 0 amide bonds. The standard InChI is InChI=1S/C29H36O11/c1-13-9-19(31)22-14(2)28(36)40-27(22)23-16(5-8-18(13)23)11-38-29-26(35)25(34)24(33)20(39-29)12-37-21(32)10-15-3-6-17(30)7-4-15/h3-7,14,19-20,22-27,29-31,33-35H,8-12H2,1-2H3/t14-,19-,20+,22+,23-,24+,25-,26+,27-,29+/m0/s1. The molecule has 2 aliphatic heterocycles. The fraction of sp³-hybridized carbons (Fsp3) is 0.586. The molecule has 1 aromatic rings. The molecule has 4 aliphatic rings. The number of ether oxygens (including phenoxy) is 4. The molecule has 5 rings (SSSR count). The van der Waals surface area contributed by atoms with Crippen molar-refractivity contribution in [2.24, 2.45) is 17.8 Å². The van der Waals surface area contributed by atoms with E-state index in [0.717, 1.165) is 16.7 Å². The average Bonchev–Trinajstić information content (AvgIpc) is 3.44. The van der Waals surface area contributed by atoms with Crippen LogP contribution in [0.1, 0.15) is 32.3 Å². The summed E-state index contributed by atoms with van der Waals surface area (Å²) < 4.78 is 22.6. The minimum Gasteiger partial charge on any atom is -0.508 e. The Morgan fingerprint density at radius 3 is 2.52 bits per heavy atom. The van der Waals surface area contributed by atoms with Gasteiger partial charge in [0.1, 0.15) is 42.9 Å². The van der Waals surface area contributed by atoms with Crippen molar-refractivity contribution in [3.8, 4) is 5.75 Å². The van der Waals surface area contributed by atoms with Gasteiger partial charge in [0.15, 0.2) is 6.29 Å². The second-order valence-corrected chi connectivity index (χ2v) is 11.2. The van der Waals surface area contributed by atoms with Crippen LogP contribution in [0.2, 0.25) is 0 Å². The molecule has 0 bridgehead atoms. The zero-order valence-electron chi connectivity index (χ0n) is 22.4. The lowest BCUT2D eigenvalue weighted by atomic mass is 9.79. The number of phenolic OH excluding ortho intramolecular Hbond substituents is 1. The Labute approximate surface area is 231 Å². The first-order valence-electron chi connectivity index (χ1n) is 13.6. The topological polar surface area (TPSA) is 172 Å². The highest BCUT2D eigenvalue weighted by atomic mass is 16.7. The molecule has 11 heteroatoms. The summed E-state index contributed by atoms with van der Waals surface area (Å²) in [6.45, 7) is 3.34. The zero-order chi connectivity index (χ0) is 28.7. The van der Waals surface area contributed by atoms with Gasteiger partial charge in [-0.25, -0.2) is 0 Å². The van der Waals surface area contributed by atoms with Crippen LogP contribution in [0, 0.1) is 17.8 Å². The molecular formula is C29H36O11. The number of allylic oxidation sites excluding steroid dienone is 1. The van der Waals surface area contributed by atoms with Crippen LogP contribution < -0.4 is 0 Å². The van der Waals surface area contributed by atoms with Crippen molar-refractivity contribution in [3.63, 3.8) is 0 Å². The van der Waals surface area contributed by atoms with E-state index in [1.165, 1.54) is 12.1 Å². The average molecular weight is 561 g/mol. The second kappa shape index (κ2) is 11.6. The summed E-state index contributed by atoms with van der Waals surface area (Å²) in [5.74, 6) is -1.94. The van der Waals surface area contributed by atoms with Gasteiger partial charge in [0.05, 0.1) is 25.0 Å². The van der Waals surface area contributed by atoms with Crippen molar-refractivity contribution in [3.05, 3.63) is 52.6 Å². The van der Waals surface area contributed by atoms with Crippen LogP contribution in [0.3, 0.4) is 0 Å². The molecular weight excluding hydrogens is 524 g/mol. The molecule has 2 saturated heterocycles. The third-order valence-corrected chi connectivity index (χ3v) is 8.55. The van der Waals surface area contributed by atoms with E-state index in [0.29, 0.717) is 18.4 Å². The number of rotatable bonds is 7. The quantitative estimate of drug-likeness (QED) is 0.232. The molecule has 11 nitrogen and oxygen atoms in total.